The summed E-state index contributed by atoms with van der Waals surface area (Å²) >= 11 is 7.82. The number of nitriles is 1. The molecule has 0 aromatic carbocycles. The number of alkyl halides is 1. The lowest BCUT2D eigenvalue weighted by Gasteiger charge is -2.40. The molecule has 7 heteroatoms. The third kappa shape index (κ3) is 3.47. The van der Waals surface area contributed by atoms with Gasteiger partial charge in [-0.3, -0.25) is 0 Å². The van der Waals surface area contributed by atoms with Crippen LogP contribution in [0.4, 0.5) is 9.52 Å². The van der Waals surface area contributed by atoms with Gasteiger partial charge in [0.25, 0.3) is 0 Å². The maximum atomic E-state index is 14.4. The lowest BCUT2D eigenvalue weighted by atomic mass is 9.77. The SMILES string of the molecule is N#CNC1CC(F)(CNc2nc(Cl)c(C3CCCCC3)s2)C1. The molecule has 1 aromatic rings. The molecule has 2 aliphatic rings. The van der Waals surface area contributed by atoms with Crippen molar-refractivity contribution < 1.29 is 4.39 Å². The maximum absolute atomic E-state index is 14.4. The van der Waals surface area contributed by atoms with Crippen LogP contribution in [0, 0.1) is 11.5 Å². The zero-order valence-corrected chi connectivity index (χ0v) is 13.9. The second-order valence-corrected chi connectivity index (χ2v) is 7.76. The first-order valence-corrected chi connectivity index (χ1v) is 9.03. The van der Waals surface area contributed by atoms with Crippen LogP contribution in [0.2, 0.25) is 5.15 Å². The van der Waals surface area contributed by atoms with Gasteiger partial charge in [-0.1, -0.05) is 30.9 Å². The normalized spacial score (nSPS) is 28.7. The molecule has 2 saturated carbocycles. The Bertz CT molecular complexity index is 558. The molecule has 3 rings (SSSR count). The van der Waals surface area contributed by atoms with Gasteiger partial charge in [-0.2, -0.15) is 5.26 Å². The predicted molar refractivity (Wildman–Crippen MR) is 87.0 cm³/mol. The van der Waals surface area contributed by atoms with Gasteiger partial charge in [0.15, 0.2) is 11.3 Å². The Kier molecular flexibility index (Phi) is 4.74. The number of halogens is 2. The lowest BCUT2D eigenvalue weighted by Crippen LogP contribution is -2.53. The van der Waals surface area contributed by atoms with Crippen molar-refractivity contribution in [1.29, 1.82) is 5.26 Å². The van der Waals surface area contributed by atoms with Crippen molar-refractivity contribution in [3.05, 3.63) is 10.0 Å². The van der Waals surface area contributed by atoms with Crippen LogP contribution in [0.1, 0.15) is 55.7 Å². The number of nitrogens with one attached hydrogen (secondary N) is 2. The summed E-state index contributed by atoms with van der Waals surface area (Å²) in [6.07, 6.45) is 8.75. The molecule has 2 aliphatic carbocycles. The molecule has 0 atom stereocenters. The number of nitrogens with zero attached hydrogens (tertiary/aromatic N) is 2. The van der Waals surface area contributed by atoms with Gasteiger partial charge in [0.05, 0.1) is 6.54 Å². The average molecular weight is 343 g/mol. The Morgan fingerprint density at radius 3 is 2.77 bits per heavy atom. The van der Waals surface area contributed by atoms with E-state index in [1.165, 1.54) is 32.1 Å². The largest absolute Gasteiger partial charge is 0.358 e. The first kappa shape index (κ1) is 15.8. The van der Waals surface area contributed by atoms with E-state index in [1.807, 2.05) is 6.19 Å². The van der Waals surface area contributed by atoms with Crippen LogP contribution in [-0.4, -0.2) is 23.2 Å². The van der Waals surface area contributed by atoms with Gasteiger partial charge < -0.3 is 10.6 Å². The fourth-order valence-corrected chi connectivity index (χ4v) is 4.83. The van der Waals surface area contributed by atoms with Crippen molar-refractivity contribution in [3.8, 4) is 6.19 Å². The highest BCUT2D eigenvalue weighted by molar-refractivity contribution is 7.16. The molecule has 0 spiro atoms. The summed E-state index contributed by atoms with van der Waals surface area (Å²) in [5.74, 6) is 0.515. The van der Waals surface area contributed by atoms with Crippen LogP contribution >= 0.6 is 22.9 Å². The fourth-order valence-electron chi connectivity index (χ4n) is 3.40. The summed E-state index contributed by atoms with van der Waals surface area (Å²) in [5.41, 5.74) is -1.25. The topological polar surface area (TPSA) is 60.7 Å². The molecule has 2 fully saturated rings. The second-order valence-electron chi connectivity index (χ2n) is 6.37. The van der Waals surface area contributed by atoms with Crippen LogP contribution in [0.3, 0.4) is 0 Å². The molecule has 0 bridgehead atoms. The molecule has 2 N–H and O–H groups in total. The standard InChI is InChI=1S/C15H20ClFN4S/c16-13-12(10-4-2-1-3-5-10)22-14(21-13)19-8-15(17)6-11(7-15)20-9-18/h10-11,20H,1-8H2,(H,19,21). The van der Waals surface area contributed by atoms with Gasteiger partial charge >= 0.3 is 0 Å². The predicted octanol–water partition coefficient (Wildman–Crippen LogP) is 4.20. The Morgan fingerprint density at radius 2 is 2.09 bits per heavy atom. The molecule has 0 radical (unpaired) electrons. The first-order chi connectivity index (χ1) is 10.6. The summed E-state index contributed by atoms with van der Waals surface area (Å²) in [4.78, 5) is 5.49. The van der Waals surface area contributed by atoms with E-state index in [1.54, 1.807) is 11.3 Å². The van der Waals surface area contributed by atoms with Gasteiger partial charge in [0, 0.05) is 23.8 Å². The van der Waals surface area contributed by atoms with E-state index in [4.69, 9.17) is 16.9 Å². The van der Waals surface area contributed by atoms with E-state index < -0.39 is 5.67 Å². The lowest BCUT2D eigenvalue weighted by molar-refractivity contribution is 0.0485. The van der Waals surface area contributed by atoms with Crippen LogP contribution in [0.25, 0.3) is 0 Å². The minimum absolute atomic E-state index is 0.0329. The van der Waals surface area contributed by atoms with E-state index >= 15 is 0 Å². The van der Waals surface area contributed by atoms with Gasteiger partial charge in [0.1, 0.15) is 10.8 Å². The number of aromatic nitrogens is 1. The van der Waals surface area contributed by atoms with E-state index in [0.717, 1.165) is 4.88 Å². The second kappa shape index (κ2) is 6.59. The van der Waals surface area contributed by atoms with Crippen LogP contribution < -0.4 is 10.6 Å². The highest BCUT2D eigenvalue weighted by Gasteiger charge is 2.44. The van der Waals surface area contributed by atoms with Crippen molar-refractivity contribution >= 4 is 28.1 Å². The smallest absolute Gasteiger partial charge is 0.184 e. The Balaban J connectivity index is 1.54. The zero-order chi connectivity index (χ0) is 15.6. The highest BCUT2D eigenvalue weighted by Crippen LogP contribution is 2.42. The third-order valence-corrected chi connectivity index (χ3v) is 6.21. The van der Waals surface area contributed by atoms with Gasteiger partial charge in [-0.15, -0.1) is 11.3 Å². The average Bonchev–Trinajstić information content (AvgIpc) is 2.86. The summed E-state index contributed by atoms with van der Waals surface area (Å²) in [6.45, 7) is 0.227. The minimum Gasteiger partial charge on any atom is -0.358 e. The molecular formula is C15H20ClFN4S. The van der Waals surface area contributed by atoms with Gasteiger partial charge in [0.2, 0.25) is 0 Å². The maximum Gasteiger partial charge on any atom is 0.184 e. The molecule has 0 amide bonds. The van der Waals surface area contributed by atoms with Gasteiger partial charge in [-0.05, 0) is 18.8 Å². The Hall–Kier alpha value is -1.06. The van der Waals surface area contributed by atoms with Crippen LogP contribution in [0.15, 0.2) is 0 Å². The molecule has 1 heterocycles. The van der Waals surface area contributed by atoms with E-state index in [0.29, 0.717) is 29.0 Å². The molecule has 0 unspecified atom stereocenters. The molecule has 1 aromatic heterocycles. The summed E-state index contributed by atoms with van der Waals surface area (Å²) in [7, 11) is 0. The Labute approximate surface area is 139 Å². The number of hydrogen-bond donors (Lipinski definition) is 2. The minimum atomic E-state index is -1.25. The van der Waals surface area contributed by atoms with Crippen molar-refractivity contribution in [2.75, 3.05) is 11.9 Å². The highest BCUT2D eigenvalue weighted by atomic mass is 35.5. The van der Waals surface area contributed by atoms with Crippen molar-refractivity contribution in [2.24, 2.45) is 0 Å². The van der Waals surface area contributed by atoms with E-state index in [2.05, 4.69) is 15.6 Å². The zero-order valence-electron chi connectivity index (χ0n) is 12.4. The van der Waals surface area contributed by atoms with Crippen molar-refractivity contribution in [1.82, 2.24) is 10.3 Å². The van der Waals surface area contributed by atoms with Crippen molar-refractivity contribution in [3.63, 3.8) is 0 Å². The number of hydrogen-bond acceptors (Lipinski definition) is 5. The molecule has 0 saturated heterocycles. The molecule has 0 aliphatic heterocycles. The first-order valence-electron chi connectivity index (χ1n) is 7.83. The van der Waals surface area contributed by atoms with E-state index in [-0.39, 0.29) is 12.6 Å². The number of anilines is 1. The Morgan fingerprint density at radius 1 is 1.36 bits per heavy atom. The number of thiazole rings is 1. The molecular weight excluding hydrogens is 323 g/mol. The van der Waals surface area contributed by atoms with Crippen LogP contribution in [-0.2, 0) is 0 Å². The summed E-state index contributed by atoms with van der Waals surface area (Å²) in [6, 6.07) is -0.0329. The quantitative estimate of drug-likeness (QED) is 0.622. The monoisotopic (exact) mass is 342 g/mol. The van der Waals surface area contributed by atoms with E-state index in [9.17, 15) is 4.39 Å². The number of rotatable bonds is 5. The third-order valence-electron chi connectivity index (χ3n) is 4.64. The van der Waals surface area contributed by atoms with Gasteiger partial charge in [-0.25, -0.2) is 9.37 Å². The van der Waals surface area contributed by atoms with Crippen LogP contribution in [0.5, 0.6) is 0 Å². The molecule has 22 heavy (non-hydrogen) atoms. The summed E-state index contributed by atoms with van der Waals surface area (Å²) < 4.78 is 14.4. The molecule has 4 nitrogen and oxygen atoms in total. The molecule has 120 valence electrons. The fraction of sp³-hybridized carbons (Fsp3) is 0.733. The summed E-state index contributed by atoms with van der Waals surface area (Å²) in [5, 5.41) is 15.5. The van der Waals surface area contributed by atoms with Crippen molar-refractivity contribution in [2.45, 2.75) is 62.6 Å².